The molecule has 0 aliphatic rings. The van der Waals surface area contributed by atoms with Crippen molar-refractivity contribution in [1.82, 2.24) is 9.61 Å². The first-order valence-electron chi connectivity index (χ1n) is 6.42. The minimum atomic E-state index is -2.80. The quantitative estimate of drug-likeness (QED) is 0.780. The van der Waals surface area contributed by atoms with Crippen LogP contribution in [0.4, 0.5) is 14.5 Å². The van der Waals surface area contributed by atoms with Crippen LogP contribution in [0.5, 0.6) is 5.75 Å². The number of rotatable bonds is 5. The van der Waals surface area contributed by atoms with E-state index in [0.29, 0.717) is 6.54 Å². The fourth-order valence-electron chi connectivity index (χ4n) is 2.08. The molecule has 0 radical (unpaired) electrons. The lowest BCUT2D eigenvalue weighted by Crippen LogP contribution is -2.02. The van der Waals surface area contributed by atoms with Crippen LogP contribution in [0.15, 0.2) is 54.9 Å². The van der Waals surface area contributed by atoms with Gasteiger partial charge in [-0.1, -0.05) is 6.07 Å². The molecule has 21 heavy (non-hydrogen) atoms. The minimum Gasteiger partial charge on any atom is -0.435 e. The Morgan fingerprint density at radius 3 is 2.71 bits per heavy atom. The topological polar surface area (TPSA) is 38.6 Å². The van der Waals surface area contributed by atoms with Gasteiger partial charge in [-0.3, -0.25) is 0 Å². The van der Waals surface area contributed by atoms with Gasteiger partial charge < -0.3 is 10.1 Å². The molecule has 0 unspecified atom stereocenters. The molecule has 6 heteroatoms. The first-order chi connectivity index (χ1) is 10.2. The zero-order chi connectivity index (χ0) is 14.7. The average Bonchev–Trinajstić information content (AvgIpc) is 2.89. The van der Waals surface area contributed by atoms with E-state index >= 15 is 0 Å². The number of anilines is 1. The largest absolute Gasteiger partial charge is 0.435 e. The van der Waals surface area contributed by atoms with Crippen LogP contribution in [-0.2, 0) is 6.54 Å². The summed E-state index contributed by atoms with van der Waals surface area (Å²) in [6.07, 6.45) is 3.69. The van der Waals surface area contributed by atoms with Crippen molar-refractivity contribution in [2.75, 3.05) is 5.32 Å². The van der Waals surface area contributed by atoms with E-state index in [1.54, 1.807) is 22.8 Å². The van der Waals surface area contributed by atoms with E-state index in [-0.39, 0.29) is 5.75 Å². The summed E-state index contributed by atoms with van der Waals surface area (Å²) in [5, 5.41) is 7.47. The second-order valence-electron chi connectivity index (χ2n) is 4.46. The van der Waals surface area contributed by atoms with Crippen molar-refractivity contribution in [1.29, 1.82) is 0 Å². The highest BCUT2D eigenvalue weighted by atomic mass is 19.3. The monoisotopic (exact) mass is 289 g/mol. The Kier molecular flexibility index (Phi) is 3.68. The summed E-state index contributed by atoms with van der Waals surface area (Å²) in [4.78, 5) is 0. The average molecular weight is 289 g/mol. The molecule has 0 aliphatic heterocycles. The van der Waals surface area contributed by atoms with Crippen molar-refractivity contribution < 1.29 is 13.5 Å². The van der Waals surface area contributed by atoms with E-state index in [4.69, 9.17) is 0 Å². The minimum absolute atomic E-state index is 0.145. The van der Waals surface area contributed by atoms with Crippen molar-refractivity contribution in [3.8, 4) is 5.75 Å². The Morgan fingerprint density at radius 2 is 1.95 bits per heavy atom. The van der Waals surface area contributed by atoms with Crippen LogP contribution >= 0.6 is 0 Å². The van der Waals surface area contributed by atoms with E-state index in [1.165, 1.54) is 12.1 Å². The SMILES string of the molecule is FC(F)Oc1ccc(NCc2cnn3ccccc23)cc1. The van der Waals surface area contributed by atoms with Gasteiger partial charge in [-0.25, -0.2) is 4.52 Å². The van der Waals surface area contributed by atoms with Gasteiger partial charge in [-0.15, -0.1) is 0 Å². The summed E-state index contributed by atoms with van der Waals surface area (Å²) in [7, 11) is 0. The van der Waals surface area contributed by atoms with Gasteiger partial charge in [0.15, 0.2) is 0 Å². The number of hydrogen-bond acceptors (Lipinski definition) is 3. The zero-order valence-corrected chi connectivity index (χ0v) is 11.0. The molecule has 2 heterocycles. The molecule has 3 rings (SSSR count). The summed E-state index contributed by atoms with van der Waals surface area (Å²) in [6, 6.07) is 12.3. The number of ether oxygens (including phenoxy) is 1. The maximum absolute atomic E-state index is 12.1. The number of halogens is 2. The highest BCUT2D eigenvalue weighted by Gasteiger charge is 2.05. The maximum atomic E-state index is 12.1. The fourth-order valence-corrected chi connectivity index (χ4v) is 2.08. The number of aromatic nitrogens is 2. The van der Waals surface area contributed by atoms with Crippen molar-refractivity contribution >= 4 is 11.2 Å². The number of nitrogens with one attached hydrogen (secondary N) is 1. The van der Waals surface area contributed by atoms with Crippen LogP contribution in [0.1, 0.15) is 5.56 Å². The zero-order valence-electron chi connectivity index (χ0n) is 11.0. The highest BCUT2D eigenvalue weighted by Crippen LogP contribution is 2.19. The molecule has 0 spiro atoms. The van der Waals surface area contributed by atoms with Crippen LogP contribution in [0.3, 0.4) is 0 Å². The van der Waals surface area contributed by atoms with E-state index < -0.39 is 6.61 Å². The van der Waals surface area contributed by atoms with Gasteiger partial charge >= 0.3 is 6.61 Å². The Bertz CT molecular complexity index is 725. The molecule has 0 fully saturated rings. The summed E-state index contributed by atoms with van der Waals surface area (Å²) in [6.45, 7) is -2.20. The molecule has 0 saturated carbocycles. The lowest BCUT2D eigenvalue weighted by atomic mass is 10.2. The molecule has 0 amide bonds. The van der Waals surface area contributed by atoms with E-state index in [9.17, 15) is 8.78 Å². The van der Waals surface area contributed by atoms with E-state index in [0.717, 1.165) is 16.8 Å². The molecule has 0 bridgehead atoms. The number of alkyl halides is 2. The van der Waals surface area contributed by atoms with Gasteiger partial charge in [0.25, 0.3) is 0 Å². The van der Waals surface area contributed by atoms with E-state index in [1.807, 2.05) is 24.4 Å². The molecule has 1 N–H and O–H groups in total. The van der Waals surface area contributed by atoms with Gasteiger partial charge in [0.2, 0.25) is 0 Å². The molecular weight excluding hydrogens is 276 g/mol. The van der Waals surface area contributed by atoms with E-state index in [2.05, 4.69) is 15.2 Å². The number of nitrogens with zero attached hydrogens (tertiary/aromatic N) is 2. The fraction of sp³-hybridized carbons (Fsp3) is 0.133. The number of benzene rings is 1. The Labute approximate surface area is 120 Å². The van der Waals surface area contributed by atoms with Crippen molar-refractivity contribution in [3.63, 3.8) is 0 Å². The van der Waals surface area contributed by atoms with Gasteiger partial charge in [0.05, 0.1) is 11.7 Å². The normalized spacial score (nSPS) is 11.0. The Balaban J connectivity index is 1.67. The molecule has 4 nitrogen and oxygen atoms in total. The second-order valence-corrected chi connectivity index (χ2v) is 4.46. The van der Waals surface area contributed by atoms with Crippen molar-refractivity contribution in [2.45, 2.75) is 13.2 Å². The Hall–Kier alpha value is -2.63. The van der Waals surface area contributed by atoms with Crippen LogP contribution in [0.2, 0.25) is 0 Å². The van der Waals surface area contributed by atoms with Crippen molar-refractivity contribution in [2.24, 2.45) is 0 Å². The summed E-state index contributed by atoms with van der Waals surface area (Å²) >= 11 is 0. The smallest absolute Gasteiger partial charge is 0.387 e. The standard InChI is InChI=1S/C15H13F2N3O/c16-15(17)21-13-6-4-12(5-7-13)18-9-11-10-19-20-8-2-1-3-14(11)20/h1-8,10,15,18H,9H2. The lowest BCUT2D eigenvalue weighted by Gasteiger charge is -2.07. The van der Waals surface area contributed by atoms with Crippen molar-refractivity contribution in [3.05, 3.63) is 60.4 Å². The lowest BCUT2D eigenvalue weighted by molar-refractivity contribution is -0.0498. The molecule has 0 aliphatic carbocycles. The molecule has 108 valence electrons. The molecule has 1 aromatic carbocycles. The third-order valence-electron chi connectivity index (χ3n) is 3.07. The highest BCUT2D eigenvalue weighted by molar-refractivity contribution is 5.55. The number of fused-ring (bicyclic) bond motifs is 1. The third kappa shape index (κ3) is 3.10. The summed E-state index contributed by atoms with van der Waals surface area (Å²) in [5.74, 6) is 0.145. The summed E-state index contributed by atoms with van der Waals surface area (Å²) < 4.78 is 30.2. The van der Waals surface area contributed by atoms with Gasteiger partial charge in [0, 0.05) is 24.0 Å². The van der Waals surface area contributed by atoms with Crippen LogP contribution in [0, 0.1) is 0 Å². The van der Waals surface area contributed by atoms with Gasteiger partial charge in [-0.2, -0.15) is 13.9 Å². The van der Waals surface area contributed by atoms with Crippen LogP contribution < -0.4 is 10.1 Å². The molecule has 2 aromatic heterocycles. The maximum Gasteiger partial charge on any atom is 0.387 e. The number of pyridine rings is 1. The Morgan fingerprint density at radius 1 is 1.14 bits per heavy atom. The molecule has 3 aromatic rings. The molecular formula is C15H13F2N3O. The van der Waals surface area contributed by atoms with Gasteiger partial charge in [-0.05, 0) is 36.4 Å². The third-order valence-corrected chi connectivity index (χ3v) is 3.07. The van der Waals surface area contributed by atoms with Gasteiger partial charge in [0.1, 0.15) is 5.75 Å². The number of hydrogen-bond donors (Lipinski definition) is 1. The first-order valence-corrected chi connectivity index (χ1v) is 6.42. The predicted molar refractivity (Wildman–Crippen MR) is 75.6 cm³/mol. The summed E-state index contributed by atoms with van der Waals surface area (Å²) in [5.41, 5.74) is 2.91. The predicted octanol–water partition coefficient (Wildman–Crippen LogP) is 3.55. The second kappa shape index (κ2) is 5.78. The van der Waals surface area contributed by atoms with Crippen LogP contribution in [-0.4, -0.2) is 16.2 Å². The van der Waals surface area contributed by atoms with Crippen LogP contribution in [0.25, 0.3) is 5.52 Å². The molecule has 0 saturated heterocycles. The molecule has 0 atom stereocenters. The first kappa shape index (κ1) is 13.4.